The van der Waals surface area contributed by atoms with Gasteiger partial charge in [0, 0.05) is 42.6 Å². The van der Waals surface area contributed by atoms with E-state index in [1.165, 1.54) is 0 Å². The summed E-state index contributed by atoms with van der Waals surface area (Å²) in [6.45, 7) is 6.04. The molecular formula is C21H22Cl2N4. The first-order valence-electron chi connectivity index (χ1n) is 9.14. The number of nitrogens with zero attached hydrogens (tertiary/aromatic N) is 4. The number of piperazine rings is 1. The number of aliphatic imine (C=N–C) groups is 2. The predicted molar refractivity (Wildman–Crippen MR) is 115 cm³/mol. The van der Waals surface area contributed by atoms with Crippen molar-refractivity contribution >= 4 is 46.1 Å². The summed E-state index contributed by atoms with van der Waals surface area (Å²) in [5.41, 5.74) is 4.77. The molecule has 1 saturated heterocycles. The monoisotopic (exact) mass is 400 g/mol. The van der Waals surface area contributed by atoms with Gasteiger partial charge in [-0.1, -0.05) is 35.3 Å². The van der Waals surface area contributed by atoms with Gasteiger partial charge >= 0.3 is 0 Å². The van der Waals surface area contributed by atoms with Crippen molar-refractivity contribution in [3.63, 3.8) is 0 Å². The van der Waals surface area contributed by atoms with Gasteiger partial charge in [0.15, 0.2) is 0 Å². The predicted octanol–water partition coefficient (Wildman–Crippen LogP) is 5.10. The average Bonchev–Trinajstić information content (AvgIpc) is 2.83. The first-order valence-corrected chi connectivity index (χ1v) is 9.90. The van der Waals surface area contributed by atoms with Crippen molar-refractivity contribution in [1.82, 2.24) is 9.80 Å². The molecule has 0 unspecified atom stereocenters. The van der Waals surface area contributed by atoms with Crippen molar-refractivity contribution in [3.05, 3.63) is 57.6 Å². The minimum absolute atomic E-state index is 0.691. The number of halogens is 2. The van der Waals surface area contributed by atoms with E-state index in [2.05, 4.69) is 16.8 Å². The summed E-state index contributed by atoms with van der Waals surface area (Å²) < 4.78 is 0. The van der Waals surface area contributed by atoms with Gasteiger partial charge < -0.3 is 9.80 Å². The lowest BCUT2D eigenvalue weighted by Crippen LogP contribution is -2.47. The summed E-state index contributed by atoms with van der Waals surface area (Å²) in [7, 11) is 2.16. The van der Waals surface area contributed by atoms with E-state index in [4.69, 9.17) is 33.2 Å². The molecule has 0 atom stereocenters. The number of fused-ring (bicyclic) bond motifs is 1. The second kappa shape index (κ2) is 7.63. The Labute approximate surface area is 170 Å². The maximum Gasteiger partial charge on any atom is 0.111 e. The zero-order valence-electron chi connectivity index (χ0n) is 15.5. The third-order valence-electron chi connectivity index (χ3n) is 5.13. The summed E-state index contributed by atoms with van der Waals surface area (Å²) >= 11 is 12.4. The fourth-order valence-corrected chi connectivity index (χ4v) is 3.69. The molecule has 27 heavy (non-hydrogen) atoms. The fraction of sp³-hybridized carbons (Fsp3) is 0.333. The number of hydrogen-bond donors (Lipinski definition) is 0. The Morgan fingerprint density at radius 3 is 2.26 bits per heavy atom. The quantitative estimate of drug-likeness (QED) is 0.666. The van der Waals surface area contributed by atoms with Crippen molar-refractivity contribution in [3.8, 4) is 0 Å². The van der Waals surface area contributed by atoms with E-state index < -0.39 is 0 Å². The van der Waals surface area contributed by atoms with Crippen molar-refractivity contribution in [2.75, 3.05) is 33.2 Å². The van der Waals surface area contributed by atoms with E-state index in [0.717, 1.165) is 65.3 Å². The molecule has 140 valence electrons. The van der Waals surface area contributed by atoms with Crippen LogP contribution in [0.1, 0.15) is 17.5 Å². The molecule has 0 aliphatic carbocycles. The maximum atomic E-state index is 6.36. The molecule has 0 aromatic heterocycles. The SMILES string of the molecule is Cc1cc2c(cc1Cl)N=C(c1ccc(Cl)cc1)CC(N1CCN(C)CC1)=N2. The highest BCUT2D eigenvalue weighted by Crippen LogP contribution is 2.36. The number of amidine groups is 1. The topological polar surface area (TPSA) is 31.2 Å². The van der Waals surface area contributed by atoms with Crippen molar-refractivity contribution in [1.29, 1.82) is 0 Å². The molecular weight excluding hydrogens is 379 g/mol. The van der Waals surface area contributed by atoms with Crippen molar-refractivity contribution in [2.24, 2.45) is 9.98 Å². The van der Waals surface area contributed by atoms with Crippen LogP contribution >= 0.6 is 23.2 Å². The van der Waals surface area contributed by atoms with Gasteiger partial charge in [0.05, 0.1) is 17.1 Å². The van der Waals surface area contributed by atoms with Crippen LogP contribution in [0, 0.1) is 6.92 Å². The molecule has 1 fully saturated rings. The standard InChI is InChI=1S/C21H22Cl2N4/c1-14-11-19-20(12-17(14)23)24-18(15-3-5-16(22)6-4-15)13-21(25-19)27-9-7-26(2)8-10-27/h3-6,11-12H,7-10,13H2,1-2H3. The van der Waals surface area contributed by atoms with Crippen LogP contribution in [-0.4, -0.2) is 54.6 Å². The second-order valence-corrected chi connectivity index (χ2v) is 7.99. The van der Waals surface area contributed by atoms with Gasteiger partial charge in [0.25, 0.3) is 0 Å². The normalized spacial score (nSPS) is 17.9. The molecule has 2 aromatic carbocycles. The van der Waals surface area contributed by atoms with Crippen LogP contribution in [0.2, 0.25) is 10.0 Å². The lowest BCUT2D eigenvalue weighted by molar-refractivity contribution is 0.214. The van der Waals surface area contributed by atoms with Crippen molar-refractivity contribution < 1.29 is 0 Å². The van der Waals surface area contributed by atoms with E-state index in [1.54, 1.807) is 0 Å². The lowest BCUT2D eigenvalue weighted by Gasteiger charge is -2.34. The molecule has 0 saturated carbocycles. The first kappa shape index (κ1) is 18.5. The number of benzene rings is 2. The van der Waals surface area contributed by atoms with Crippen LogP contribution in [0.5, 0.6) is 0 Å². The molecule has 2 heterocycles. The van der Waals surface area contributed by atoms with Gasteiger partial charge in [0.2, 0.25) is 0 Å². The summed E-state index contributed by atoms with van der Waals surface area (Å²) in [6, 6.07) is 11.8. The second-order valence-electron chi connectivity index (χ2n) is 7.15. The molecule has 2 aromatic rings. The third kappa shape index (κ3) is 4.03. The van der Waals surface area contributed by atoms with E-state index in [9.17, 15) is 0 Å². The summed E-state index contributed by atoms with van der Waals surface area (Å²) in [5.74, 6) is 1.07. The van der Waals surface area contributed by atoms with E-state index >= 15 is 0 Å². The number of rotatable bonds is 1. The average molecular weight is 401 g/mol. The van der Waals surface area contributed by atoms with Crippen LogP contribution in [0.4, 0.5) is 11.4 Å². The zero-order valence-corrected chi connectivity index (χ0v) is 17.1. The fourth-order valence-electron chi connectivity index (χ4n) is 3.40. The van der Waals surface area contributed by atoms with E-state index in [0.29, 0.717) is 11.4 Å². The molecule has 0 N–H and O–H groups in total. The highest BCUT2D eigenvalue weighted by atomic mass is 35.5. The largest absolute Gasteiger partial charge is 0.357 e. The van der Waals surface area contributed by atoms with Gasteiger partial charge in [-0.3, -0.25) is 4.99 Å². The van der Waals surface area contributed by atoms with E-state index in [1.807, 2.05) is 43.3 Å². The molecule has 2 aliphatic heterocycles. The Bertz CT molecular complexity index is 911. The summed E-state index contributed by atoms with van der Waals surface area (Å²) in [5, 5.41) is 1.44. The van der Waals surface area contributed by atoms with Gasteiger partial charge in [-0.05, 0) is 49.4 Å². The minimum atomic E-state index is 0.691. The lowest BCUT2D eigenvalue weighted by atomic mass is 10.1. The Kier molecular flexibility index (Phi) is 5.22. The summed E-state index contributed by atoms with van der Waals surface area (Å²) in [6.07, 6.45) is 0.691. The van der Waals surface area contributed by atoms with Crippen LogP contribution in [0.15, 0.2) is 46.4 Å². The molecule has 0 bridgehead atoms. The molecule has 6 heteroatoms. The highest BCUT2D eigenvalue weighted by molar-refractivity contribution is 6.32. The van der Waals surface area contributed by atoms with Gasteiger partial charge in [0.1, 0.15) is 5.84 Å². The molecule has 0 amide bonds. The van der Waals surface area contributed by atoms with Gasteiger partial charge in [-0.2, -0.15) is 0 Å². The number of aryl methyl sites for hydroxylation is 1. The highest BCUT2D eigenvalue weighted by Gasteiger charge is 2.23. The first-order chi connectivity index (χ1) is 13.0. The smallest absolute Gasteiger partial charge is 0.111 e. The van der Waals surface area contributed by atoms with Crippen LogP contribution in [0.25, 0.3) is 0 Å². The molecule has 0 spiro atoms. The van der Waals surface area contributed by atoms with Crippen LogP contribution in [0.3, 0.4) is 0 Å². The van der Waals surface area contributed by atoms with Crippen LogP contribution < -0.4 is 0 Å². The Balaban J connectivity index is 1.78. The number of hydrogen-bond acceptors (Lipinski definition) is 4. The molecule has 0 radical (unpaired) electrons. The Hall–Kier alpha value is -1.88. The van der Waals surface area contributed by atoms with Crippen molar-refractivity contribution in [2.45, 2.75) is 13.3 Å². The van der Waals surface area contributed by atoms with Gasteiger partial charge in [-0.25, -0.2) is 4.99 Å². The summed E-state index contributed by atoms with van der Waals surface area (Å²) in [4.78, 5) is 14.7. The zero-order chi connectivity index (χ0) is 19.0. The Morgan fingerprint density at radius 2 is 1.56 bits per heavy atom. The minimum Gasteiger partial charge on any atom is -0.357 e. The van der Waals surface area contributed by atoms with Gasteiger partial charge in [-0.15, -0.1) is 0 Å². The number of likely N-dealkylation sites (N-methyl/N-ethyl adjacent to an activating group) is 1. The maximum absolute atomic E-state index is 6.36. The van der Waals surface area contributed by atoms with E-state index in [-0.39, 0.29) is 0 Å². The third-order valence-corrected chi connectivity index (χ3v) is 5.79. The molecule has 2 aliphatic rings. The molecule has 4 nitrogen and oxygen atoms in total. The molecule has 4 rings (SSSR count). The Morgan fingerprint density at radius 1 is 0.889 bits per heavy atom. The van der Waals surface area contributed by atoms with Crippen LogP contribution in [-0.2, 0) is 0 Å².